The molecule has 5 heteroatoms. The minimum Gasteiger partial charge on any atom is -0.361 e. The van der Waals surface area contributed by atoms with Gasteiger partial charge in [0, 0.05) is 10.2 Å². The number of aromatic nitrogens is 1. The van der Waals surface area contributed by atoms with Crippen LogP contribution in [0.15, 0.2) is 27.3 Å². The Kier molecular flexibility index (Phi) is 3.52. The highest BCUT2D eigenvalue weighted by Crippen LogP contribution is 2.25. The third-order valence-electron chi connectivity index (χ3n) is 2.69. The Bertz CT molecular complexity index is 582. The Labute approximate surface area is 113 Å². The van der Waals surface area contributed by atoms with Gasteiger partial charge in [-0.1, -0.05) is 21.1 Å². The topological polar surface area (TPSA) is 55.1 Å². The highest BCUT2D eigenvalue weighted by Gasteiger charge is 2.13. The predicted octanol–water partition coefficient (Wildman–Crippen LogP) is 3.61. The lowest BCUT2D eigenvalue weighted by atomic mass is 10.1. The van der Waals surface area contributed by atoms with E-state index in [2.05, 4.69) is 26.4 Å². The lowest BCUT2D eigenvalue weighted by Crippen LogP contribution is -2.12. The molecule has 1 aromatic carbocycles. The van der Waals surface area contributed by atoms with Gasteiger partial charge in [0.15, 0.2) is 0 Å². The van der Waals surface area contributed by atoms with E-state index in [4.69, 9.17) is 4.52 Å². The van der Waals surface area contributed by atoms with E-state index in [1.807, 2.05) is 26.0 Å². The number of benzene rings is 1. The van der Waals surface area contributed by atoms with Gasteiger partial charge in [0.1, 0.15) is 11.3 Å². The molecule has 0 saturated carbocycles. The van der Waals surface area contributed by atoms with Gasteiger partial charge in [-0.3, -0.25) is 4.79 Å². The van der Waals surface area contributed by atoms with Crippen molar-refractivity contribution in [3.05, 3.63) is 45.3 Å². The summed E-state index contributed by atoms with van der Waals surface area (Å²) in [5, 5.41) is 6.42. The molecule has 1 heterocycles. The van der Waals surface area contributed by atoms with Crippen LogP contribution in [0.1, 0.15) is 27.2 Å². The van der Waals surface area contributed by atoms with Crippen molar-refractivity contribution in [3.63, 3.8) is 0 Å². The van der Waals surface area contributed by atoms with Crippen LogP contribution in [0.3, 0.4) is 0 Å². The second-order valence-electron chi connectivity index (χ2n) is 4.17. The van der Waals surface area contributed by atoms with E-state index in [1.165, 1.54) is 6.20 Å². The summed E-state index contributed by atoms with van der Waals surface area (Å²) < 4.78 is 5.93. The summed E-state index contributed by atoms with van der Waals surface area (Å²) in [7, 11) is 0. The zero-order chi connectivity index (χ0) is 13.3. The molecular weight excluding hydrogens is 296 g/mol. The maximum atomic E-state index is 12.0. The van der Waals surface area contributed by atoms with E-state index in [9.17, 15) is 4.79 Å². The first kappa shape index (κ1) is 12.8. The van der Waals surface area contributed by atoms with Gasteiger partial charge >= 0.3 is 0 Å². The van der Waals surface area contributed by atoms with Crippen molar-refractivity contribution >= 4 is 27.5 Å². The molecule has 0 aliphatic heterocycles. The maximum absolute atomic E-state index is 12.0. The van der Waals surface area contributed by atoms with Crippen LogP contribution in [-0.4, -0.2) is 11.1 Å². The van der Waals surface area contributed by atoms with Crippen LogP contribution in [0.5, 0.6) is 0 Å². The number of aryl methyl sites for hydroxylation is 3. The minimum absolute atomic E-state index is 0.213. The molecule has 0 radical (unpaired) electrons. The summed E-state index contributed by atoms with van der Waals surface area (Å²) in [6.45, 7) is 5.68. The lowest BCUT2D eigenvalue weighted by Gasteiger charge is -2.09. The van der Waals surface area contributed by atoms with E-state index in [-0.39, 0.29) is 5.91 Å². The fourth-order valence-corrected chi connectivity index (χ4v) is 1.96. The van der Waals surface area contributed by atoms with Crippen molar-refractivity contribution in [2.45, 2.75) is 20.8 Å². The number of nitrogens with zero attached hydrogens (tertiary/aromatic N) is 1. The molecule has 0 fully saturated rings. The molecule has 2 aromatic rings. The fraction of sp³-hybridized carbons (Fsp3) is 0.231. The van der Waals surface area contributed by atoms with Crippen molar-refractivity contribution < 1.29 is 9.32 Å². The van der Waals surface area contributed by atoms with E-state index < -0.39 is 0 Å². The van der Waals surface area contributed by atoms with E-state index in [0.717, 1.165) is 21.3 Å². The highest BCUT2D eigenvalue weighted by molar-refractivity contribution is 9.10. The number of amides is 1. The molecule has 1 amide bonds. The molecule has 0 spiro atoms. The van der Waals surface area contributed by atoms with Crippen molar-refractivity contribution in [2.24, 2.45) is 0 Å². The molecule has 0 bridgehead atoms. The van der Waals surface area contributed by atoms with Gasteiger partial charge in [0.25, 0.3) is 5.91 Å². The molecule has 2 rings (SSSR count). The summed E-state index contributed by atoms with van der Waals surface area (Å²) in [5.74, 6) is 0.299. The van der Waals surface area contributed by atoms with Gasteiger partial charge in [-0.15, -0.1) is 0 Å². The Morgan fingerprint density at radius 1 is 1.28 bits per heavy atom. The number of anilines is 1. The third-order valence-corrected chi connectivity index (χ3v) is 3.94. The molecule has 4 nitrogen and oxygen atoms in total. The average molecular weight is 309 g/mol. The first-order chi connectivity index (χ1) is 8.49. The molecule has 1 N–H and O–H groups in total. The molecule has 0 atom stereocenters. The molecule has 94 valence electrons. The molecule has 1 aromatic heterocycles. The Hall–Kier alpha value is -1.62. The van der Waals surface area contributed by atoms with Gasteiger partial charge in [-0.2, -0.15) is 0 Å². The number of hydrogen-bond donors (Lipinski definition) is 1. The summed E-state index contributed by atoms with van der Waals surface area (Å²) in [5.41, 5.74) is 3.37. The van der Waals surface area contributed by atoms with Gasteiger partial charge < -0.3 is 9.84 Å². The van der Waals surface area contributed by atoms with Crippen LogP contribution in [0.4, 0.5) is 5.69 Å². The van der Waals surface area contributed by atoms with Gasteiger partial charge in [-0.25, -0.2) is 0 Å². The van der Waals surface area contributed by atoms with Crippen LogP contribution in [0, 0.1) is 20.8 Å². The summed E-state index contributed by atoms with van der Waals surface area (Å²) in [4.78, 5) is 12.0. The zero-order valence-corrected chi connectivity index (χ0v) is 12.0. The Morgan fingerprint density at radius 3 is 2.39 bits per heavy atom. The standard InChI is InChI=1S/C13H13BrN2O2/c1-7-4-10(5-8(2)12(7)14)16-13(17)11-6-15-18-9(11)3/h4-6H,1-3H3,(H,16,17). The van der Waals surface area contributed by atoms with Gasteiger partial charge in [0.2, 0.25) is 0 Å². The lowest BCUT2D eigenvalue weighted by molar-refractivity contribution is 0.102. The second kappa shape index (κ2) is 4.94. The van der Waals surface area contributed by atoms with Crippen LogP contribution < -0.4 is 5.32 Å². The second-order valence-corrected chi connectivity index (χ2v) is 4.97. The third kappa shape index (κ3) is 2.46. The highest BCUT2D eigenvalue weighted by atomic mass is 79.9. The van der Waals surface area contributed by atoms with Crippen molar-refractivity contribution in [2.75, 3.05) is 5.32 Å². The first-order valence-electron chi connectivity index (χ1n) is 5.48. The van der Waals surface area contributed by atoms with Crippen LogP contribution >= 0.6 is 15.9 Å². The van der Waals surface area contributed by atoms with Crippen LogP contribution in [-0.2, 0) is 0 Å². The fourth-order valence-electron chi connectivity index (χ4n) is 1.73. The summed E-state index contributed by atoms with van der Waals surface area (Å²) >= 11 is 3.49. The first-order valence-corrected chi connectivity index (χ1v) is 6.27. The summed E-state index contributed by atoms with van der Waals surface area (Å²) in [6, 6.07) is 3.83. The smallest absolute Gasteiger partial charge is 0.260 e. The van der Waals surface area contributed by atoms with Gasteiger partial charge in [-0.05, 0) is 44.0 Å². The minimum atomic E-state index is -0.213. The number of halogens is 1. The zero-order valence-electron chi connectivity index (χ0n) is 10.4. The molecule has 0 unspecified atom stereocenters. The van der Waals surface area contributed by atoms with E-state index in [1.54, 1.807) is 6.92 Å². The molecule has 0 aliphatic carbocycles. The monoisotopic (exact) mass is 308 g/mol. The van der Waals surface area contributed by atoms with Crippen molar-refractivity contribution in [1.29, 1.82) is 0 Å². The SMILES string of the molecule is Cc1cc(NC(=O)c2cnoc2C)cc(C)c1Br. The van der Waals surface area contributed by atoms with Crippen LogP contribution in [0.25, 0.3) is 0 Å². The average Bonchev–Trinajstić information content (AvgIpc) is 2.72. The number of rotatable bonds is 2. The number of carbonyl (C=O) groups excluding carboxylic acids is 1. The largest absolute Gasteiger partial charge is 0.361 e. The molecule has 0 aliphatic rings. The number of carbonyl (C=O) groups is 1. The molecular formula is C13H13BrN2O2. The molecule has 0 saturated heterocycles. The summed E-state index contributed by atoms with van der Waals surface area (Å²) in [6.07, 6.45) is 1.42. The molecule has 18 heavy (non-hydrogen) atoms. The normalized spacial score (nSPS) is 10.4. The Morgan fingerprint density at radius 2 is 1.89 bits per heavy atom. The van der Waals surface area contributed by atoms with Crippen LogP contribution in [0.2, 0.25) is 0 Å². The van der Waals surface area contributed by atoms with Crippen molar-refractivity contribution in [1.82, 2.24) is 5.16 Å². The number of hydrogen-bond acceptors (Lipinski definition) is 3. The Balaban J connectivity index is 2.25. The van der Waals surface area contributed by atoms with E-state index >= 15 is 0 Å². The van der Waals surface area contributed by atoms with Gasteiger partial charge in [0.05, 0.1) is 6.20 Å². The number of nitrogens with one attached hydrogen (secondary N) is 1. The van der Waals surface area contributed by atoms with Crippen molar-refractivity contribution in [3.8, 4) is 0 Å². The maximum Gasteiger partial charge on any atom is 0.260 e. The quantitative estimate of drug-likeness (QED) is 0.922. The van der Waals surface area contributed by atoms with E-state index in [0.29, 0.717) is 11.3 Å². The predicted molar refractivity (Wildman–Crippen MR) is 72.8 cm³/mol.